The molecule has 0 aromatic carbocycles. The van der Waals surface area contributed by atoms with Gasteiger partial charge in [-0.1, -0.05) is 130 Å². The van der Waals surface area contributed by atoms with Crippen molar-refractivity contribution in [1.29, 1.82) is 0 Å². The number of unbranched alkanes of at least 4 members (excludes halogenated alkanes) is 8. The second kappa shape index (κ2) is 32.5. The highest BCUT2D eigenvalue weighted by Crippen LogP contribution is 2.41. The van der Waals surface area contributed by atoms with Crippen LogP contribution in [0.3, 0.4) is 0 Å². The molecule has 0 bridgehead atoms. The highest BCUT2D eigenvalue weighted by atomic mass is 16.6. The molecule has 0 aromatic rings. The molecule has 54 heavy (non-hydrogen) atoms. The first-order valence-electron chi connectivity index (χ1n) is 21.5. The molecule has 0 saturated carbocycles. The maximum absolute atomic E-state index is 13.9. The fourth-order valence-electron chi connectivity index (χ4n) is 7.21. The minimum absolute atomic E-state index is 0.0984. The van der Waals surface area contributed by atoms with E-state index in [1.54, 1.807) is 0 Å². The number of nitrogens with zero attached hydrogens (tertiary/aromatic N) is 1. The van der Waals surface area contributed by atoms with Gasteiger partial charge < -0.3 is 29.3 Å². The minimum atomic E-state index is -1.31. The van der Waals surface area contributed by atoms with E-state index in [-0.39, 0.29) is 63.4 Å². The monoisotopic (exact) mass is 770 g/mol. The van der Waals surface area contributed by atoms with Crippen LogP contribution in [0.5, 0.6) is 0 Å². The summed E-state index contributed by atoms with van der Waals surface area (Å²) in [5.74, 6) is -3.30. The molecule has 0 aromatic heterocycles. The van der Waals surface area contributed by atoms with E-state index in [0.717, 1.165) is 103 Å². The first-order valence-corrected chi connectivity index (χ1v) is 21.5. The van der Waals surface area contributed by atoms with Crippen molar-refractivity contribution in [2.24, 2.45) is 11.8 Å². The van der Waals surface area contributed by atoms with Gasteiger partial charge in [-0.05, 0) is 64.6 Å². The van der Waals surface area contributed by atoms with Crippen LogP contribution in [0.25, 0.3) is 0 Å². The van der Waals surface area contributed by atoms with Crippen LogP contribution in [0.4, 0.5) is 0 Å². The van der Waals surface area contributed by atoms with E-state index in [9.17, 15) is 29.1 Å². The van der Waals surface area contributed by atoms with Gasteiger partial charge in [0.05, 0.1) is 0 Å². The van der Waals surface area contributed by atoms with Gasteiger partial charge in [-0.25, -0.2) is 0 Å². The van der Waals surface area contributed by atoms with E-state index in [0.29, 0.717) is 25.8 Å². The van der Waals surface area contributed by atoms with Crippen LogP contribution in [-0.2, 0) is 38.2 Å². The summed E-state index contributed by atoms with van der Waals surface area (Å²) in [4.78, 5) is 65.1. The van der Waals surface area contributed by atoms with Gasteiger partial charge in [0.1, 0.15) is 6.61 Å². The summed E-state index contributed by atoms with van der Waals surface area (Å²) in [5, 5.41) is 18.4. The number of ether oxygens (including phenoxy) is 3. The minimum Gasteiger partial charge on any atom is -0.481 e. The normalized spacial score (nSPS) is 14.2. The third-order valence-electron chi connectivity index (χ3n) is 10.2. The maximum Gasteiger partial charge on any atom is 0.306 e. The molecule has 2 N–H and O–H groups in total. The molecule has 0 fully saturated rings. The SMILES string of the molecule is CCCCCCC(CCCC)CC(CC(CCCC)CCCCCC)(OC(=O)CCCC(=O)O)C(COC(=O)CCCC(=O)O)OC(=O)CCCN(C)C. The molecular weight excluding hydrogens is 690 g/mol. The van der Waals surface area contributed by atoms with Crippen molar-refractivity contribution in [2.45, 2.75) is 206 Å². The van der Waals surface area contributed by atoms with Crippen molar-refractivity contribution in [3.8, 4) is 0 Å². The average Bonchev–Trinajstić information content (AvgIpc) is 3.10. The highest BCUT2D eigenvalue weighted by Gasteiger charge is 2.48. The van der Waals surface area contributed by atoms with Gasteiger partial charge in [-0.2, -0.15) is 0 Å². The molecule has 0 aliphatic heterocycles. The van der Waals surface area contributed by atoms with E-state index in [4.69, 9.17) is 19.3 Å². The van der Waals surface area contributed by atoms with Gasteiger partial charge in [0.2, 0.25) is 0 Å². The Bertz CT molecular complexity index is 990. The van der Waals surface area contributed by atoms with E-state index in [2.05, 4.69) is 27.7 Å². The molecule has 11 heteroatoms. The van der Waals surface area contributed by atoms with E-state index < -0.39 is 41.6 Å². The number of carbonyl (C=O) groups excluding carboxylic acids is 3. The number of carbonyl (C=O) groups is 5. The Morgan fingerprint density at radius 1 is 0.537 bits per heavy atom. The van der Waals surface area contributed by atoms with Gasteiger partial charge in [0.25, 0.3) is 0 Å². The topological polar surface area (TPSA) is 157 Å². The molecule has 0 spiro atoms. The second-order valence-corrected chi connectivity index (χ2v) is 15.7. The summed E-state index contributed by atoms with van der Waals surface area (Å²) in [5.41, 5.74) is -1.31. The van der Waals surface area contributed by atoms with Gasteiger partial charge in [-0.15, -0.1) is 0 Å². The largest absolute Gasteiger partial charge is 0.481 e. The Kier molecular flexibility index (Phi) is 30.9. The number of esters is 3. The fourth-order valence-corrected chi connectivity index (χ4v) is 7.21. The van der Waals surface area contributed by atoms with Crippen molar-refractivity contribution < 1.29 is 48.4 Å². The van der Waals surface area contributed by atoms with Crippen molar-refractivity contribution >= 4 is 29.8 Å². The fraction of sp³-hybridized carbons (Fsp3) is 0.884. The van der Waals surface area contributed by atoms with E-state index in [1.807, 2.05) is 19.0 Å². The summed E-state index contributed by atoms with van der Waals surface area (Å²) in [6.07, 6.45) is 16.5. The van der Waals surface area contributed by atoms with Gasteiger partial charge in [-0.3, -0.25) is 24.0 Å². The smallest absolute Gasteiger partial charge is 0.306 e. The van der Waals surface area contributed by atoms with E-state index in [1.165, 1.54) is 0 Å². The lowest BCUT2D eigenvalue weighted by Crippen LogP contribution is -2.53. The Morgan fingerprint density at radius 3 is 1.43 bits per heavy atom. The van der Waals surface area contributed by atoms with Crippen molar-refractivity contribution in [3.63, 3.8) is 0 Å². The van der Waals surface area contributed by atoms with Crippen molar-refractivity contribution in [1.82, 2.24) is 4.90 Å². The van der Waals surface area contributed by atoms with Crippen LogP contribution in [0.2, 0.25) is 0 Å². The van der Waals surface area contributed by atoms with E-state index >= 15 is 0 Å². The molecular formula is C43H79NO10. The Morgan fingerprint density at radius 2 is 0.981 bits per heavy atom. The Hall–Kier alpha value is -2.69. The maximum atomic E-state index is 13.9. The van der Waals surface area contributed by atoms with Crippen LogP contribution < -0.4 is 0 Å². The predicted molar refractivity (Wildman–Crippen MR) is 213 cm³/mol. The molecule has 0 saturated heterocycles. The first kappa shape index (κ1) is 51.3. The highest BCUT2D eigenvalue weighted by molar-refractivity contribution is 5.73. The Labute approximate surface area is 328 Å². The number of hydrogen-bond acceptors (Lipinski definition) is 9. The lowest BCUT2D eigenvalue weighted by Gasteiger charge is -2.43. The lowest BCUT2D eigenvalue weighted by molar-refractivity contribution is -0.203. The summed E-state index contributed by atoms with van der Waals surface area (Å²) in [6, 6.07) is 0. The van der Waals surface area contributed by atoms with Crippen LogP contribution in [0.15, 0.2) is 0 Å². The molecule has 0 amide bonds. The summed E-state index contributed by atoms with van der Waals surface area (Å²) >= 11 is 0. The Balaban J connectivity index is 7.27. The molecule has 0 aliphatic rings. The third-order valence-corrected chi connectivity index (χ3v) is 10.2. The van der Waals surface area contributed by atoms with Crippen LogP contribution in [0.1, 0.15) is 195 Å². The van der Waals surface area contributed by atoms with Crippen molar-refractivity contribution in [3.05, 3.63) is 0 Å². The summed E-state index contributed by atoms with van der Waals surface area (Å²) in [7, 11) is 3.86. The third kappa shape index (κ3) is 27.0. The zero-order valence-corrected chi connectivity index (χ0v) is 35.1. The second-order valence-electron chi connectivity index (χ2n) is 15.7. The molecule has 3 unspecified atom stereocenters. The number of aliphatic carboxylic acids is 2. The quantitative estimate of drug-likeness (QED) is 0.0352. The zero-order valence-electron chi connectivity index (χ0n) is 35.1. The first-order chi connectivity index (χ1) is 25.8. The van der Waals surface area contributed by atoms with Gasteiger partial charge in [0.15, 0.2) is 11.7 Å². The molecule has 0 radical (unpaired) electrons. The number of rotatable bonds is 37. The number of carboxylic acid groups (broad SMARTS) is 2. The van der Waals surface area contributed by atoms with Crippen LogP contribution in [0, 0.1) is 11.8 Å². The van der Waals surface area contributed by atoms with Crippen LogP contribution in [-0.4, -0.2) is 83.9 Å². The molecule has 316 valence electrons. The molecule has 0 heterocycles. The average molecular weight is 770 g/mol. The van der Waals surface area contributed by atoms with Crippen molar-refractivity contribution in [2.75, 3.05) is 27.2 Å². The molecule has 11 nitrogen and oxygen atoms in total. The zero-order chi connectivity index (χ0) is 40.6. The van der Waals surface area contributed by atoms with Gasteiger partial charge in [0, 0.05) is 32.1 Å². The van der Waals surface area contributed by atoms with Gasteiger partial charge >= 0.3 is 29.8 Å². The standard InChI is InChI=1S/C43H79NO10/c1-7-11-15-17-24-35(22-13-9-3)32-43(54-42(51)29-20-27-39(47)48,33-36(23-14-10-4)25-18-16-12-8-2)37(53-41(50)30-21-31-44(5)6)34-52-40(49)28-19-26-38(45)46/h35-37H,7-34H2,1-6H3,(H,45,46)(H,47,48). The summed E-state index contributed by atoms with van der Waals surface area (Å²) in [6.45, 7) is 9.03. The number of hydrogen-bond donors (Lipinski definition) is 2. The summed E-state index contributed by atoms with van der Waals surface area (Å²) < 4.78 is 18.8. The predicted octanol–water partition coefficient (Wildman–Crippen LogP) is 9.91. The lowest BCUT2D eigenvalue weighted by atomic mass is 9.74. The molecule has 3 atom stereocenters. The number of carboxylic acids is 2. The van der Waals surface area contributed by atoms with Crippen LogP contribution >= 0.6 is 0 Å². The molecule has 0 aliphatic carbocycles. The molecule has 0 rings (SSSR count).